The van der Waals surface area contributed by atoms with E-state index < -0.39 is 6.10 Å². The Balaban J connectivity index is 2.33. The first kappa shape index (κ1) is 13.5. The zero-order valence-electron chi connectivity index (χ0n) is 9.77. The minimum absolute atomic E-state index is 0.315. The van der Waals surface area contributed by atoms with Gasteiger partial charge in [0.25, 0.3) is 0 Å². The van der Waals surface area contributed by atoms with E-state index in [9.17, 15) is 5.11 Å². The van der Waals surface area contributed by atoms with Crippen molar-refractivity contribution in [3.63, 3.8) is 0 Å². The molecule has 0 radical (unpaired) electrons. The molecule has 2 unspecified atom stereocenters. The molecule has 3 heteroatoms. The second-order valence-corrected chi connectivity index (χ2v) is 4.57. The molecule has 0 aliphatic rings. The first-order valence-electron chi connectivity index (χ1n) is 5.97. The van der Waals surface area contributed by atoms with Crippen molar-refractivity contribution in [3.8, 4) is 0 Å². The highest BCUT2D eigenvalue weighted by Crippen LogP contribution is 2.26. The Hall–Kier alpha value is -0.600. The fourth-order valence-electron chi connectivity index (χ4n) is 1.70. The number of hydrogen-bond donors (Lipinski definition) is 1. The number of halogens is 1. The van der Waals surface area contributed by atoms with Crippen LogP contribution in [0.15, 0.2) is 24.5 Å². The van der Waals surface area contributed by atoms with Crippen molar-refractivity contribution >= 4 is 11.6 Å². The first-order chi connectivity index (χ1) is 7.75. The van der Waals surface area contributed by atoms with Gasteiger partial charge in [0.2, 0.25) is 0 Å². The number of aromatic nitrogens is 1. The minimum Gasteiger partial charge on any atom is -0.391 e. The van der Waals surface area contributed by atoms with Crippen LogP contribution in [0, 0.1) is 0 Å². The van der Waals surface area contributed by atoms with Gasteiger partial charge >= 0.3 is 0 Å². The van der Waals surface area contributed by atoms with Crippen LogP contribution in [-0.4, -0.2) is 16.2 Å². The van der Waals surface area contributed by atoms with Crippen molar-refractivity contribution in [2.75, 3.05) is 0 Å². The monoisotopic (exact) mass is 241 g/mol. The third-order valence-electron chi connectivity index (χ3n) is 2.72. The SMILES string of the molecule is CCCCCCC(O)C(Cl)c1ccncc1. The highest BCUT2D eigenvalue weighted by Gasteiger charge is 2.17. The minimum atomic E-state index is -0.457. The van der Waals surface area contributed by atoms with Gasteiger partial charge in [-0.15, -0.1) is 11.6 Å². The predicted molar refractivity (Wildman–Crippen MR) is 67.6 cm³/mol. The van der Waals surface area contributed by atoms with Crippen molar-refractivity contribution in [2.45, 2.75) is 50.5 Å². The Labute approximate surface area is 103 Å². The fourth-order valence-corrected chi connectivity index (χ4v) is 1.97. The molecule has 0 aliphatic heterocycles. The molecule has 1 aromatic heterocycles. The molecule has 0 aliphatic carbocycles. The van der Waals surface area contributed by atoms with Gasteiger partial charge in [0.05, 0.1) is 11.5 Å². The molecule has 0 saturated heterocycles. The summed E-state index contributed by atoms with van der Waals surface area (Å²) in [5, 5.41) is 9.60. The van der Waals surface area contributed by atoms with Gasteiger partial charge in [-0.2, -0.15) is 0 Å². The first-order valence-corrected chi connectivity index (χ1v) is 6.41. The van der Waals surface area contributed by atoms with Gasteiger partial charge in [-0.3, -0.25) is 4.98 Å². The maximum Gasteiger partial charge on any atom is 0.0845 e. The largest absolute Gasteiger partial charge is 0.391 e. The van der Waals surface area contributed by atoms with Crippen LogP contribution in [0.3, 0.4) is 0 Å². The van der Waals surface area contributed by atoms with Crippen LogP contribution in [0.5, 0.6) is 0 Å². The summed E-state index contributed by atoms with van der Waals surface area (Å²) in [6.45, 7) is 2.18. The molecule has 1 heterocycles. The number of nitrogens with zero attached hydrogens (tertiary/aromatic N) is 1. The van der Waals surface area contributed by atoms with E-state index in [0.29, 0.717) is 0 Å². The standard InChI is InChI=1S/C13H20ClNO/c1-2-3-4-5-6-12(16)13(14)11-7-9-15-10-8-11/h7-10,12-13,16H,2-6H2,1H3. The van der Waals surface area contributed by atoms with E-state index in [0.717, 1.165) is 18.4 Å². The lowest BCUT2D eigenvalue weighted by Gasteiger charge is -2.16. The molecule has 0 spiro atoms. The lowest BCUT2D eigenvalue weighted by molar-refractivity contribution is 0.155. The molecule has 2 nitrogen and oxygen atoms in total. The Morgan fingerprint density at radius 2 is 1.94 bits per heavy atom. The van der Waals surface area contributed by atoms with Crippen molar-refractivity contribution in [2.24, 2.45) is 0 Å². The van der Waals surface area contributed by atoms with E-state index >= 15 is 0 Å². The highest BCUT2D eigenvalue weighted by atomic mass is 35.5. The van der Waals surface area contributed by atoms with E-state index in [4.69, 9.17) is 11.6 Å². The zero-order chi connectivity index (χ0) is 11.8. The Kier molecular flexibility index (Phi) is 6.43. The van der Waals surface area contributed by atoms with Crippen LogP contribution >= 0.6 is 11.6 Å². The van der Waals surface area contributed by atoms with Gasteiger partial charge in [-0.1, -0.05) is 32.6 Å². The van der Waals surface area contributed by atoms with Crippen molar-refractivity contribution in [3.05, 3.63) is 30.1 Å². The molecule has 0 fully saturated rings. The summed E-state index contributed by atoms with van der Waals surface area (Å²) in [6, 6.07) is 3.71. The van der Waals surface area contributed by atoms with Gasteiger partial charge in [-0.25, -0.2) is 0 Å². The lowest BCUT2D eigenvalue weighted by Crippen LogP contribution is -2.13. The topological polar surface area (TPSA) is 33.1 Å². The summed E-state index contributed by atoms with van der Waals surface area (Å²) >= 11 is 6.19. The molecule has 2 atom stereocenters. The van der Waals surface area contributed by atoms with Gasteiger partial charge in [0.1, 0.15) is 0 Å². The third-order valence-corrected chi connectivity index (χ3v) is 3.26. The number of unbranched alkanes of at least 4 members (excludes halogenated alkanes) is 3. The summed E-state index contributed by atoms with van der Waals surface area (Å²) in [5.41, 5.74) is 0.944. The Morgan fingerprint density at radius 3 is 2.56 bits per heavy atom. The molecule has 0 aromatic carbocycles. The van der Waals surface area contributed by atoms with Gasteiger partial charge in [0, 0.05) is 12.4 Å². The molecule has 1 N–H and O–H groups in total. The number of hydrogen-bond acceptors (Lipinski definition) is 2. The molecule has 90 valence electrons. The molecule has 16 heavy (non-hydrogen) atoms. The summed E-state index contributed by atoms with van der Waals surface area (Å²) in [6.07, 6.45) is 8.39. The van der Waals surface area contributed by atoms with Gasteiger partial charge in [0.15, 0.2) is 0 Å². The van der Waals surface area contributed by atoms with Crippen LogP contribution in [0.1, 0.15) is 50.0 Å². The molecule has 0 saturated carbocycles. The average molecular weight is 242 g/mol. The van der Waals surface area contributed by atoms with E-state index in [1.54, 1.807) is 12.4 Å². The second-order valence-electron chi connectivity index (χ2n) is 4.10. The van der Waals surface area contributed by atoms with Crippen molar-refractivity contribution in [1.29, 1.82) is 0 Å². The summed E-state index contributed by atoms with van der Waals surface area (Å²) < 4.78 is 0. The smallest absolute Gasteiger partial charge is 0.0845 e. The molecular weight excluding hydrogens is 222 g/mol. The number of pyridine rings is 1. The van der Waals surface area contributed by atoms with E-state index in [-0.39, 0.29) is 5.38 Å². The van der Waals surface area contributed by atoms with Crippen LogP contribution < -0.4 is 0 Å². The number of rotatable bonds is 7. The van der Waals surface area contributed by atoms with E-state index in [1.165, 1.54) is 19.3 Å². The summed E-state index contributed by atoms with van der Waals surface area (Å²) in [5.74, 6) is 0. The molecule has 0 amide bonds. The molecule has 1 aromatic rings. The predicted octanol–water partition coefficient (Wildman–Crippen LogP) is 3.69. The van der Waals surface area contributed by atoms with Crippen molar-refractivity contribution < 1.29 is 5.11 Å². The van der Waals surface area contributed by atoms with Crippen LogP contribution in [0.2, 0.25) is 0 Å². The summed E-state index contributed by atoms with van der Waals surface area (Å²) in [7, 11) is 0. The average Bonchev–Trinajstić information content (AvgIpc) is 2.34. The maximum absolute atomic E-state index is 9.92. The van der Waals surface area contributed by atoms with Crippen LogP contribution in [0.4, 0.5) is 0 Å². The molecular formula is C13H20ClNO. The van der Waals surface area contributed by atoms with Crippen molar-refractivity contribution in [1.82, 2.24) is 4.98 Å². The molecule has 1 rings (SSSR count). The quantitative estimate of drug-likeness (QED) is 0.583. The van der Waals surface area contributed by atoms with E-state index in [2.05, 4.69) is 11.9 Å². The number of aliphatic hydroxyl groups excluding tert-OH is 1. The number of alkyl halides is 1. The zero-order valence-corrected chi connectivity index (χ0v) is 10.5. The second kappa shape index (κ2) is 7.64. The summed E-state index contributed by atoms with van der Waals surface area (Å²) in [4.78, 5) is 3.93. The number of aliphatic hydroxyl groups is 1. The van der Waals surface area contributed by atoms with Gasteiger partial charge < -0.3 is 5.11 Å². The van der Waals surface area contributed by atoms with Gasteiger partial charge in [-0.05, 0) is 24.1 Å². The van der Waals surface area contributed by atoms with Crippen LogP contribution in [0.25, 0.3) is 0 Å². The fraction of sp³-hybridized carbons (Fsp3) is 0.615. The lowest BCUT2D eigenvalue weighted by atomic mass is 10.0. The highest BCUT2D eigenvalue weighted by molar-refractivity contribution is 6.21. The normalized spacial score (nSPS) is 14.7. The maximum atomic E-state index is 9.92. The Morgan fingerprint density at radius 1 is 1.25 bits per heavy atom. The Bertz CT molecular complexity index is 279. The van der Waals surface area contributed by atoms with Crippen LogP contribution in [-0.2, 0) is 0 Å². The van der Waals surface area contributed by atoms with E-state index in [1.807, 2.05) is 12.1 Å². The molecule has 0 bridgehead atoms. The third kappa shape index (κ3) is 4.50.